The summed E-state index contributed by atoms with van der Waals surface area (Å²) in [6.45, 7) is 6.70. The van der Waals surface area contributed by atoms with Crippen molar-refractivity contribution in [3.05, 3.63) is 30.2 Å². The largest absolute Gasteiger partial charge is 0.379 e. The van der Waals surface area contributed by atoms with E-state index in [4.69, 9.17) is 9.72 Å². The van der Waals surface area contributed by atoms with Crippen LogP contribution in [0.2, 0.25) is 0 Å². The maximum absolute atomic E-state index is 5.52. The highest BCUT2D eigenvalue weighted by molar-refractivity contribution is 5.65. The molecule has 3 aromatic heterocycles. The second-order valence-corrected chi connectivity index (χ2v) is 10.8. The Balaban J connectivity index is 1.05. The molecule has 3 fully saturated rings. The van der Waals surface area contributed by atoms with Gasteiger partial charge in [-0.25, -0.2) is 14.5 Å². The number of azo groups is 1. The summed E-state index contributed by atoms with van der Waals surface area (Å²) < 4.78 is 7.26. The minimum Gasteiger partial charge on any atom is -0.379 e. The molecule has 37 heavy (non-hydrogen) atoms. The van der Waals surface area contributed by atoms with Crippen LogP contribution in [0.1, 0.15) is 50.5 Å². The molecule has 6 heterocycles. The van der Waals surface area contributed by atoms with E-state index in [1.807, 2.05) is 12.3 Å². The van der Waals surface area contributed by atoms with Gasteiger partial charge in [-0.2, -0.15) is 10.1 Å². The number of rotatable bonds is 4. The van der Waals surface area contributed by atoms with E-state index in [0.717, 1.165) is 81.5 Å². The Bertz CT molecular complexity index is 1270. The normalized spacial score (nSPS) is 22.4. The maximum atomic E-state index is 5.52. The summed E-state index contributed by atoms with van der Waals surface area (Å²) in [5.74, 6) is 1.95. The zero-order chi connectivity index (χ0) is 24.7. The van der Waals surface area contributed by atoms with E-state index in [1.54, 1.807) is 10.8 Å². The summed E-state index contributed by atoms with van der Waals surface area (Å²) in [6.07, 6.45) is 12.0. The molecule has 2 saturated heterocycles. The van der Waals surface area contributed by atoms with Crippen LogP contribution in [0.15, 0.2) is 34.9 Å². The molecule has 11 nitrogen and oxygen atoms in total. The summed E-state index contributed by atoms with van der Waals surface area (Å²) >= 11 is 0. The van der Waals surface area contributed by atoms with Crippen LogP contribution < -0.4 is 10.2 Å². The Labute approximate surface area is 216 Å². The van der Waals surface area contributed by atoms with Crippen LogP contribution in [0.4, 0.5) is 23.3 Å². The Morgan fingerprint density at radius 3 is 2.59 bits per heavy atom. The number of pyridine rings is 1. The Kier molecular flexibility index (Phi) is 5.96. The highest BCUT2D eigenvalue weighted by atomic mass is 16.5. The zero-order valence-electron chi connectivity index (χ0n) is 21.2. The monoisotopic (exact) mass is 502 g/mol. The summed E-state index contributed by atoms with van der Waals surface area (Å²) in [5.41, 5.74) is 3.12. The van der Waals surface area contributed by atoms with Gasteiger partial charge in [0.1, 0.15) is 12.1 Å². The molecule has 0 amide bonds. The first-order valence-corrected chi connectivity index (χ1v) is 13.7. The molecule has 0 bridgehead atoms. The molecule has 0 atom stereocenters. The average molecular weight is 503 g/mol. The van der Waals surface area contributed by atoms with Crippen LogP contribution in [-0.2, 0) is 10.2 Å². The number of piperidine rings is 1. The SMILES string of the molecule is c1cc(Nc2ncn3nc4c(c3n2)C2(CCCCC2)CN=N4)ncc1N1CCC(N2CCOCC2)CC1. The van der Waals surface area contributed by atoms with Crippen molar-refractivity contribution in [2.24, 2.45) is 10.2 Å². The highest BCUT2D eigenvalue weighted by Crippen LogP contribution is 2.47. The second kappa shape index (κ2) is 9.60. The zero-order valence-corrected chi connectivity index (χ0v) is 21.2. The lowest BCUT2D eigenvalue weighted by Gasteiger charge is -2.40. The molecule has 0 unspecified atom stereocenters. The van der Waals surface area contributed by atoms with Gasteiger partial charge in [-0.1, -0.05) is 19.3 Å². The molecular weight excluding hydrogens is 468 g/mol. The number of nitrogens with one attached hydrogen (secondary N) is 1. The van der Waals surface area contributed by atoms with Crippen LogP contribution in [0.3, 0.4) is 0 Å². The first-order valence-electron chi connectivity index (χ1n) is 13.7. The van der Waals surface area contributed by atoms with Gasteiger partial charge in [0, 0.05) is 37.6 Å². The summed E-state index contributed by atoms with van der Waals surface area (Å²) in [5, 5.41) is 16.7. The van der Waals surface area contributed by atoms with Crippen molar-refractivity contribution < 1.29 is 4.74 Å². The van der Waals surface area contributed by atoms with Crippen molar-refractivity contribution in [3.63, 3.8) is 0 Å². The first kappa shape index (κ1) is 23.0. The average Bonchev–Trinajstić information content (AvgIpc) is 3.34. The molecule has 11 heteroatoms. The lowest BCUT2D eigenvalue weighted by Crippen LogP contribution is -2.49. The lowest BCUT2D eigenvalue weighted by molar-refractivity contribution is 0.0115. The van der Waals surface area contributed by atoms with Crippen molar-refractivity contribution in [1.29, 1.82) is 0 Å². The maximum Gasteiger partial charge on any atom is 0.231 e. The minimum absolute atomic E-state index is 0.00215. The predicted octanol–water partition coefficient (Wildman–Crippen LogP) is 3.86. The smallest absolute Gasteiger partial charge is 0.231 e. The van der Waals surface area contributed by atoms with E-state index >= 15 is 0 Å². The topological polar surface area (TPSA) is 108 Å². The molecule has 194 valence electrons. The van der Waals surface area contributed by atoms with E-state index in [1.165, 1.54) is 32.1 Å². The number of fused-ring (bicyclic) bond motifs is 4. The lowest BCUT2D eigenvalue weighted by atomic mass is 9.69. The second-order valence-electron chi connectivity index (χ2n) is 10.8. The van der Waals surface area contributed by atoms with Gasteiger partial charge >= 0.3 is 0 Å². The molecule has 3 aliphatic heterocycles. The molecule has 1 N–H and O–H groups in total. The Hall–Kier alpha value is -3.18. The van der Waals surface area contributed by atoms with E-state index in [2.05, 4.69) is 46.5 Å². The quantitative estimate of drug-likeness (QED) is 0.573. The molecule has 1 aliphatic carbocycles. The number of hydrogen-bond acceptors (Lipinski definition) is 10. The predicted molar refractivity (Wildman–Crippen MR) is 140 cm³/mol. The molecule has 4 aliphatic rings. The molecule has 0 radical (unpaired) electrons. The Morgan fingerprint density at radius 1 is 0.973 bits per heavy atom. The number of morpholine rings is 1. The number of aromatic nitrogens is 5. The number of nitrogens with zero attached hydrogens (tertiary/aromatic N) is 9. The van der Waals surface area contributed by atoms with Crippen molar-refractivity contribution in [2.45, 2.75) is 56.4 Å². The van der Waals surface area contributed by atoms with E-state index < -0.39 is 0 Å². The fourth-order valence-electron chi connectivity index (χ4n) is 6.59. The van der Waals surface area contributed by atoms with Crippen molar-refractivity contribution in [3.8, 4) is 0 Å². The van der Waals surface area contributed by atoms with Crippen molar-refractivity contribution in [1.82, 2.24) is 29.5 Å². The van der Waals surface area contributed by atoms with Crippen LogP contribution in [0.5, 0.6) is 0 Å². The standard InChI is InChI=1S/C26H34N10O/c1-2-8-26(9-3-1)17-29-32-23-22(26)24-31-25(28-18-36(24)33-23)30-21-5-4-20(16-27-21)34-10-6-19(7-11-34)35-12-14-37-15-13-35/h4-5,16,18-19H,1-3,6-15,17H2,(H,27,30,31). The molecule has 3 aromatic rings. The van der Waals surface area contributed by atoms with Gasteiger partial charge in [-0.15, -0.1) is 10.2 Å². The van der Waals surface area contributed by atoms with Gasteiger partial charge in [-0.05, 0) is 37.8 Å². The minimum atomic E-state index is -0.00215. The third-order valence-electron chi connectivity index (χ3n) is 8.63. The van der Waals surface area contributed by atoms with E-state index in [0.29, 0.717) is 17.8 Å². The molecular formula is C26H34N10O. The molecule has 0 aromatic carbocycles. The van der Waals surface area contributed by atoms with Gasteiger partial charge in [0.2, 0.25) is 11.8 Å². The number of anilines is 3. The number of hydrogen-bond donors (Lipinski definition) is 1. The van der Waals surface area contributed by atoms with Gasteiger partial charge in [0.25, 0.3) is 0 Å². The highest BCUT2D eigenvalue weighted by Gasteiger charge is 2.41. The third-order valence-corrected chi connectivity index (χ3v) is 8.63. The van der Waals surface area contributed by atoms with Gasteiger partial charge < -0.3 is 15.0 Å². The molecule has 1 saturated carbocycles. The molecule has 1 spiro atoms. The van der Waals surface area contributed by atoms with E-state index in [9.17, 15) is 0 Å². The summed E-state index contributed by atoms with van der Waals surface area (Å²) in [4.78, 5) is 19.1. The summed E-state index contributed by atoms with van der Waals surface area (Å²) in [7, 11) is 0. The third kappa shape index (κ3) is 4.33. The van der Waals surface area contributed by atoms with Gasteiger partial charge in [-0.3, -0.25) is 4.90 Å². The first-order chi connectivity index (χ1) is 18.3. The number of ether oxygens (including phenoxy) is 1. The fourth-order valence-corrected chi connectivity index (χ4v) is 6.59. The summed E-state index contributed by atoms with van der Waals surface area (Å²) in [6, 6.07) is 4.82. The fraction of sp³-hybridized carbons (Fsp3) is 0.615. The van der Waals surface area contributed by atoms with Crippen molar-refractivity contribution >= 4 is 28.9 Å². The van der Waals surface area contributed by atoms with Crippen LogP contribution in [-0.4, -0.2) is 81.4 Å². The van der Waals surface area contributed by atoms with Crippen molar-refractivity contribution in [2.75, 3.05) is 56.2 Å². The van der Waals surface area contributed by atoms with Crippen LogP contribution >= 0.6 is 0 Å². The Morgan fingerprint density at radius 2 is 1.81 bits per heavy atom. The van der Waals surface area contributed by atoms with E-state index in [-0.39, 0.29) is 5.41 Å². The molecule has 7 rings (SSSR count). The van der Waals surface area contributed by atoms with Crippen LogP contribution in [0, 0.1) is 0 Å². The van der Waals surface area contributed by atoms with Gasteiger partial charge in [0.05, 0.1) is 37.2 Å². The van der Waals surface area contributed by atoms with Crippen LogP contribution in [0.25, 0.3) is 5.65 Å². The van der Waals surface area contributed by atoms with Gasteiger partial charge in [0.15, 0.2) is 5.65 Å².